The van der Waals surface area contributed by atoms with Crippen LogP contribution in [-0.2, 0) is 0 Å². The van der Waals surface area contributed by atoms with E-state index in [0.29, 0.717) is 5.56 Å². The lowest BCUT2D eigenvalue weighted by Crippen LogP contribution is -1.89. The summed E-state index contributed by atoms with van der Waals surface area (Å²) in [6, 6.07) is 7.72. The number of aromatic nitrogens is 3. The predicted octanol–water partition coefficient (Wildman–Crippen LogP) is 3.40. The second-order valence-corrected chi connectivity index (χ2v) is 6.22. The van der Waals surface area contributed by atoms with Crippen LogP contribution in [0.15, 0.2) is 28.2 Å². The average molecular weight is 319 g/mol. The van der Waals surface area contributed by atoms with E-state index >= 15 is 0 Å². The fourth-order valence-corrected chi connectivity index (χ4v) is 3.21. The maximum Gasteiger partial charge on any atom is 0.178 e. The molecule has 18 heavy (non-hydrogen) atoms. The van der Waals surface area contributed by atoms with Crippen LogP contribution >= 0.6 is 27.3 Å². The number of hydrogen-bond donors (Lipinski definition) is 0. The average Bonchev–Trinajstić information content (AvgIpc) is 2.93. The molecule has 0 radical (unpaired) electrons. The van der Waals surface area contributed by atoms with Gasteiger partial charge in [0.25, 0.3) is 0 Å². The van der Waals surface area contributed by atoms with Crippen molar-refractivity contribution in [2.45, 2.75) is 6.92 Å². The normalized spacial score (nSPS) is 10.7. The summed E-state index contributed by atoms with van der Waals surface area (Å²) in [4.78, 5) is 1.03. The summed E-state index contributed by atoms with van der Waals surface area (Å²) in [6.45, 7) is 2.04. The van der Waals surface area contributed by atoms with E-state index in [1.807, 2.05) is 11.3 Å². The van der Waals surface area contributed by atoms with Gasteiger partial charge in [-0.3, -0.25) is 4.40 Å². The Bertz CT molecular complexity index is 762. The minimum atomic E-state index is 0.593. The van der Waals surface area contributed by atoms with Crippen LogP contribution in [0, 0.1) is 18.3 Å². The molecule has 0 aromatic carbocycles. The molecule has 3 aromatic rings. The van der Waals surface area contributed by atoms with E-state index in [0.717, 1.165) is 20.1 Å². The van der Waals surface area contributed by atoms with Gasteiger partial charge in [0.1, 0.15) is 6.07 Å². The molecule has 0 aliphatic rings. The molecule has 3 aromatic heterocycles. The minimum Gasteiger partial charge on any atom is -0.280 e. The quantitative estimate of drug-likeness (QED) is 0.691. The molecule has 0 atom stereocenters. The number of hydrogen-bond acceptors (Lipinski definition) is 4. The van der Waals surface area contributed by atoms with Crippen molar-refractivity contribution in [3.8, 4) is 16.8 Å². The first kappa shape index (κ1) is 11.4. The first-order valence-electron chi connectivity index (χ1n) is 5.20. The van der Waals surface area contributed by atoms with Gasteiger partial charge < -0.3 is 0 Å². The highest BCUT2D eigenvalue weighted by Gasteiger charge is 2.12. The Hall–Kier alpha value is -1.71. The molecule has 0 spiro atoms. The Morgan fingerprint density at radius 1 is 1.39 bits per heavy atom. The topological polar surface area (TPSA) is 54.0 Å². The monoisotopic (exact) mass is 318 g/mol. The molecule has 0 N–H and O–H groups in total. The smallest absolute Gasteiger partial charge is 0.178 e. The van der Waals surface area contributed by atoms with Crippen LogP contribution in [0.25, 0.3) is 16.3 Å². The highest BCUT2D eigenvalue weighted by molar-refractivity contribution is 9.11. The number of pyridine rings is 1. The zero-order valence-corrected chi connectivity index (χ0v) is 11.8. The third-order valence-corrected chi connectivity index (χ3v) is 4.74. The number of aryl methyl sites for hydroxylation is 1. The molecule has 0 aliphatic carbocycles. The molecule has 0 amide bonds. The summed E-state index contributed by atoms with van der Waals surface area (Å²) in [6.07, 6.45) is 1.76. The van der Waals surface area contributed by atoms with E-state index < -0.39 is 0 Å². The molecule has 6 heteroatoms. The lowest BCUT2D eigenvalue weighted by Gasteiger charge is -1.96. The third kappa shape index (κ3) is 1.72. The number of nitriles is 1. The molecule has 0 aliphatic heterocycles. The van der Waals surface area contributed by atoms with E-state index in [2.05, 4.69) is 38.3 Å². The molecule has 0 bridgehead atoms. The van der Waals surface area contributed by atoms with Crippen LogP contribution in [0.1, 0.15) is 11.1 Å². The van der Waals surface area contributed by atoms with Gasteiger partial charge in [-0.1, -0.05) is 0 Å². The number of thiophene rings is 1. The summed E-state index contributed by atoms with van der Waals surface area (Å²) in [5, 5.41) is 17.2. The molecule has 88 valence electrons. The fraction of sp³-hybridized carbons (Fsp3) is 0.0833. The van der Waals surface area contributed by atoms with Crippen molar-refractivity contribution in [3.63, 3.8) is 0 Å². The summed E-state index contributed by atoms with van der Waals surface area (Å²) >= 11 is 5.11. The van der Waals surface area contributed by atoms with Crippen LogP contribution < -0.4 is 0 Å². The van der Waals surface area contributed by atoms with E-state index in [-0.39, 0.29) is 0 Å². The summed E-state index contributed by atoms with van der Waals surface area (Å²) in [5.74, 6) is 0.765. The standard InChI is InChI=1S/C12H7BrN4S/c1-7-4-9(18-11(7)13)12-16-15-10-3-2-8(5-14)6-17(10)12/h2-4,6H,1H3. The maximum atomic E-state index is 8.94. The van der Waals surface area contributed by atoms with Crippen molar-refractivity contribution in [1.82, 2.24) is 14.6 Å². The summed E-state index contributed by atoms with van der Waals surface area (Å²) < 4.78 is 2.93. The molecule has 0 saturated heterocycles. The lowest BCUT2D eigenvalue weighted by atomic mass is 10.3. The zero-order valence-electron chi connectivity index (χ0n) is 9.38. The van der Waals surface area contributed by atoms with Crippen molar-refractivity contribution in [3.05, 3.63) is 39.3 Å². The van der Waals surface area contributed by atoms with Gasteiger partial charge in [-0.15, -0.1) is 21.5 Å². The Morgan fingerprint density at radius 2 is 2.22 bits per heavy atom. The van der Waals surface area contributed by atoms with Crippen LogP contribution in [0.4, 0.5) is 0 Å². The van der Waals surface area contributed by atoms with Crippen molar-refractivity contribution >= 4 is 32.9 Å². The predicted molar refractivity (Wildman–Crippen MR) is 73.5 cm³/mol. The number of rotatable bonds is 1. The lowest BCUT2D eigenvalue weighted by molar-refractivity contribution is 1.12. The first-order chi connectivity index (χ1) is 8.69. The SMILES string of the molecule is Cc1cc(-c2nnc3ccc(C#N)cn23)sc1Br. The second-order valence-electron chi connectivity index (χ2n) is 3.85. The molecule has 3 rings (SSSR count). The third-order valence-electron chi connectivity index (χ3n) is 2.61. The van der Waals surface area contributed by atoms with Crippen LogP contribution in [0.5, 0.6) is 0 Å². The van der Waals surface area contributed by atoms with Crippen molar-refractivity contribution < 1.29 is 0 Å². The van der Waals surface area contributed by atoms with Gasteiger partial charge in [-0.2, -0.15) is 5.26 Å². The summed E-state index contributed by atoms with van der Waals surface area (Å²) in [5.41, 5.74) is 2.50. The largest absolute Gasteiger partial charge is 0.280 e. The van der Waals surface area contributed by atoms with Gasteiger partial charge in [-0.25, -0.2) is 0 Å². The van der Waals surface area contributed by atoms with Crippen molar-refractivity contribution in [2.24, 2.45) is 0 Å². The van der Waals surface area contributed by atoms with E-state index in [4.69, 9.17) is 5.26 Å². The van der Waals surface area contributed by atoms with E-state index in [9.17, 15) is 0 Å². The highest BCUT2D eigenvalue weighted by Crippen LogP contribution is 2.33. The van der Waals surface area contributed by atoms with Crippen molar-refractivity contribution in [1.29, 1.82) is 5.26 Å². The minimum absolute atomic E-state index is 0.593. The Labute approximate surface area is 116 Å². The Balaban J connectivity index is 2.26. The molecular weight excluding hydrogens is 312 g/mol. The van der Waals surface area contributed by atoms with Crippen LogP contribution in [0.3, 0.4) is 0 Å². The van der Waals surface area contributed by atoms with Crippen molar-refractivity contribution in [2.75, 3.05) is 0 Å². The Kier molecular flexibility index (Phi) is 2.65. The molecular formula is C12H7BrN4S. The van der Waals surface area contributed by atoms with E-state index in [1.54, 1.807) is 29.7 Å². The summed E-state index contributed by atoms with van der Waals surface area (Å²) in [7, 11) is 0. The number of fused-ring (bicyclic) bond motifs is 1. The molecule has 4 nitrogen and oxygen atoms in total. The molecule has 0 fully saturated rings. The van der Waals surface area contributed by atoms with Crippen LogP contribution in [-0.4, -0.2) is 14.6 Å². The maximum absolute atomic E-state index is 8.94. The second kappa shape index (κ2) is 4.19. The number of nitrogens with zero attached hydrogens (tertiary/aromatic N) is 4. The van der Waals surface area contributed by atoms with Gasteiger partial charge in [0, 0.05) is 6.20 Å². The van der Waals surface area contributed by atoms with Crippen LogP contribution in [0.2, 0.25) is 0 Å². The van der Waals surface area contributed by atoms with Gasteiger partial charge >= 0.3 is 0 Å². The fourth-order valence-electron chi connectivity index (χ4n) is 1.69. The highest BCUT2D eigenvalue weighted by atomic mass is 79.9. The Morgan fingerprint density at radius 3 is 2.89 bits per heavy atom. The molecule has 0 unspecified atom stereocenters. The van der Waals surface area contributed by atoms with Gasteiger partial charge in [0.15, 0.2) is 11.5 Å². The molecule has 3 heterocycles. The van der Waals surface area contributed by atoms with Gasteiger partial charge in [-0.05, 0) is 46.6 Å². The first-order valence-corrected chi connectivity index (χ1v) is 6.81. The number of halogens is 1. The zero-order chi connectivity index (χ0) is 12.7. The van der Waals surface area contributed by atoms with Gasteiger partial charge in [0.05, 0.1) is 14.2 Å². The van der Waals surface area contributed by atoms with E-state index in [1.165, 1.54) is 5.56 Å². The molecule has 0 saturated carbocycles. The van der Waals surface area contributed by atoms with Gasteiger partial charge in [0.2, 0.25) is 0 Å².